The lowest BCUT2D eigenvalue weighted by molar-refractivity contribution is 0.0436. The second kappa shape index (κ2) is 13.5. The fourth-order valence-corrected chi connectivity index (χ4v) is 7.12. The first-order valence-corrected chi connectivity index (χ1v) is 15.9. The van der Waals surface area contributed by atoms with E-state index in [1.165, 1.54) is 0 Å². The summed E-state index contributed by atoms with van der Waals surface area (Å²) < 4.78 is 6.87. The number of benzene rings is 3. The number of fused-ring (bicyclic) bond motifs is 1. The standard InChI is InChI=1S/C33H38BrN3O2S/c1-36-17-19-37(20-18-36)16-9-21-40-24-33(38,27-12-7-4-8-13-27)31(25-10-5-3-6-11-25)29-23-26-22-28(34)14-15-30(26)35-32(29)39-2/h3-8,10-15,22-23,31,38H,9,16-21,24H2,1-2H3. The Morgan fingerprint density at radius 2 is 1.68 bits per heavy atom. The van der Waals surface area contributed by atoms with Gasteiger partial charge in [-0.3, -0.25) is 0 Å². The maximum Gasteiger partial charge on any atom is 0.217 e. The van der Waals surface area contributed by atoms with Gasteiger partial charge in [-0.05, 0) is 61.2 Å². The molecule has 0 saturated carbocycles. The van der Waals surface area contributed by atoms with Crippen LogP contribution in [0.4, 0.5) is 0 Å². The third-order valence-corrected chi connectivity index (χ3v) is 9.55. The largest absolute Gasteiger partial charge is 0.481 e. The molecule has 1 fully saturated rings. The number of pyridine rings is 1. The van der Waals surface area contributed by atoms with Gasteiger partial charge in [-0.25, -0.2) is 4.98 Å². The molecule has 3 aromatic carbocycles. The molecule has 1 aliphatic heterocycles. The Hall–Kier alpha value is -2.42. The topological polar surface area (TPSA) is 48.8 Å². The van der Waals surface area contributed by atoms with Gasteiger partial charge in [0.25, 0.3) is 0 Å². The van der Waals surface area contributed by atoms with E-state index in [0.717, 1.165) is 77.0 Å². The van der Waals surface area contributed by atoms with E-state index in [-0.39, 0.29) is 5.92 Å². The highest BCUT2D eigenvalue weighted by atomic mass is 79.9. The van der Waals surface area contributed by atoms with Crippen molar-refractivity contribution in [2.24, 2.45) is 0 Å². The quantitative estimate of drug-likeness (QED) is 0.196. The van der Waals surface area contributed by atoms with Gasteiger partial charge in [0.2, 0.25) is 5.88 Å². The first-order chi connectivity index (χ1) is 19.5. The van der Waals surface area contributed by atoms with Crippen LogP contribution in [0.5, 0.6) is 5.88 Å². The lowest BCUT2D eigenvalue weighted by Gasteiger charge is -2.38. The minimum absolute atomic E-state index is 0.382. The summed E-state index contributed by atoms with van der Waals surface area (Å²) in [4.78, 5) is 9.83. The van der Waals surface area contributed by atoms with Crippen LogP contribution < -0.4 is 4.74 Å². The van der Waals surface area contributed by atoms with Crippen molar-refractivity contribution in [3.05, 3.63) is 106 Å². The Balaban J connectivity index is 1.49. The molecule has 1 N–H and O–H groups in total. The zero-order valence-corrected chi connectivity index (χ0v) is 25.7. The number of hydrogen-bond donors (Lipinski definition) is 1. The van der Waals surface area contributed by atoms with Crippen molar-refractivity contribution in [1.29, 1.82) is 0 Å². The van der Waals surface area contributed by atoms with Crippen molar-refractivity contribution >= 4 is 38.6 Å². The van der Waals surface area contributed by atoms with Gasteiger partial charge in [-0.2, -0.15) is 11.8 Å². The average Bonchev–Trinajstić information content (AvgIpc) is 2.98. The summed E-state index contributed by atoms with van der Waals surface area (Å²) in [5, 5.41) is 13.8. The van der Waals surface area contributed by atoms with E-state index in [1.807, 2.05) is 72.4 Å². The highest BCUT2D eigenvalue weighted by molar-refractivity contribution is 9.10. The van der Waals surface area contributed by atoms with Crippen LogP contribution in [0.15, 0.2) is 89.4 Å². The Morgan fingerprint density at radius 3 is 2.38 bits per heavy atom. The third-order valence-electron chi connectivity index (χ3n) is 7.84. The molecule has 5 rings (SSSR count). The molecule has 0 amide bonds. The lowest BCUT2D eigenvalue weighted by Crippen LogP contribution is -2.44. The average molecular weight is 621 g/mol. The normalized spacial score (nSPS) is 17.0. The van der Waals surface area contributed by atoms with Crippen molar-refractivity contribution in [2.75, 3.05) is 58.4 Å². The number of methoxy groups -OCH3 is 1. The summed E-state index contributed by atoms with van der Waals surface area (Å²) in [6.07, 6.45) is 1.10. The SMILES string of the molecule is COc1nc2ccc(Br)cc2cc1C(c1ccccc1)C(O)(CSCCCN1CCN(C)CC1)c1ccccc1. The smallest absolute Gasteiger partial charge is 0.217 e. The van der Waals surface area contributed by atoms with Gasteiger partial charge in [0.15, 0.2) is 0 Å². The molecular weight excluding hydrogens is 582 g/mol. The van der Waals surface area contributed by atoms with Crippen molar-refractivity contribution in [3.63, 3.8) is 0 Å². The zero-order valence-electron chi connectivity index (χ0n) is 23.3. The molecule has 7 heteroatoms. The molecule has 0 aliphatic carbocycles. The van der Waals surface area contributed by atoms with Gasteiger partial charge >= 0.3 is 0 Å². The number of aromatic nitrogens is 1. The van der Waals surface area contributed by atoms with Crippen molar-refractivity contribution in [3.8, 4) is 5.88 Å². The second-order valence-corrected chi connectivity index (χ2v) is 12.6. The lowest BCUT2D eigenvalue weighted by atomic mass is 9.74. The number of nitrogens with zero attached hydrogens (tertiary/aromatic N) is 3. The van der Waals surface area contributed by atoms with Gasteiger partial charge in [0.05, 0.1) is 12.6 Å². The van der Waals surface area contributed by atoms with Gasteiger partial charge in [0.1, 0.15) is 5.60 Å². The molecular formula is C33H38BrN3O2S. The highest BCUT2D eigenvalue weighted by Crippen LogP contribution is 2.47. The molecule has 5 nitrogen and oxygen atoms in total. The van der Waals surface area contributed by atoms with E-state index in [0.29, 0.717) is 11.6 Å². The van der Waals surface area contributed by atoms with Gasteiger partial charge in [0, 0.05) is 53.3 Å². The molecule has 2 atom stereocenters. The van der Waals surface area contributed by atoms with Crippen molar-refractivity contribution in [1.82, 2.24) is 14.8 Å². The van der Waals surface area contributed by atoms with E-state index in [9.17, 15) is 5.11 Å². The summed E-state index contributed by atoms with van der Waals surface area (Å²) in [5.41, 5.74) is 2.48. The minimum Gasteiger partial charge on any atom is -0.481 e. The second-order valence-electron chi connectivity index (χ2n) is 10.6. The number of ether oxygens (including phenoxy) is 1. The van der Waals surface area contributed by atoms with Gasteiger partial charge < -0.3 is 19.6 Å². The summed E-state index contributed by atoms with van der Waals surface area (Å²) in [5.74, 6) is 1.70. The number of halogens is 1. The van der Waals surface area contributed by atoms with E-state index < -0.39 is 5.60 Å². The van der Waals surface area contributed by atoms with Gasteiger partial charge in [-0.15, -0.1) is 0 Å². The van der Waals surface area contributed by atoms with Crippen LogP contribution in [-0.2, 0) is 5.60 Å². The summed E-state index contributed by atoms with van der Waals surface area (Å²) in [7, 11) is 3.85. The molecule has 2 unspecified atom stereocenters. The predicted octanol–water partition coefficient (Wildman–Crippen LogP) is 6.40. The van der Waals surface area contributed by atoms with Crippen LogP contribution in [0.2, 0.25) is 0 Å². The molecule has 40 heavy (non-hydrogen) atoms. The first kappa shape index (κ1) is 29.1. The van der Waals surface area contributed by atoms with Crippen LogP contribution >= 0.6 is 27.7 Å². The highest BCUT2D eigenvalue weighted by Gasteiger charge is 2.42. The van der Waals surface area contributed by atoms with E-state index >= 15 is 0 Å². The maximum absolute atomic E-state index is 12.8. The summed E-state index contributed by atoms with van der Waals surface area (Å²) in [6.45, 7) is 5.64. The number of likely N-dealkylation sites (N-methyl/N-ethyl adjacent to an activating group) is 1. The number of aliphatic hydroxyl groups is 1. The number of piperazine rings is 1. The molecule has 0 spiro atoms. The molecule has 1 aliphatic rings. The Morgan fingerprint density at radius 1 is 0.975 bits per heavy atom. The van der Waals surface area contributed by atoms with E-state index in [4.69, 9.17) is 9.72 Å². The zero-order chi connectivity index (χ0) is 28.0. The van der Waals surface area contributed by atoms with Crippen molar-refractivity contribution in [2.45, 2.75) is 17.9 Å². The van der Waals surface area contributed by atoms with Crippen LogP contribution in [-0.4, -0.2) is 78.3 Å². The Kier molecular flexibility index (Phi) is 9.81. The minimum atomic E-state index is -1.18. The fraction of sp³-hybridized carbons (Fsp3) is 0.364. The number of hydrogen-bond acceptors (Lipinski definition) is 6. The Bertz CT molecular complexity index is 1380. The maximum atomic E-state index is 12.8. The number of thioether (sulfide) groups is 1. The van der Waals surface area contributed by atoms with E-state index in [2.05, 4.69) is 57.0 Å². The molecule has 0 bridgehead atoms. The first-order valence-electron chi connectivity index (χ1n) is 13.9. The van der Waals surface area contributed by atoms with Gasteiger partial charge in [-0.1, -0.05) is 76.6 Å². The Labute approximate surface area is 250 Å². The molecule has 210 valence electrons. The van der Waals surface area contributed by atoms with Crippen molar-refractivity contribution < 1.29 is 9.84 Å². The van der Waals surface area contributed by atoms with Crippen LogP contribution in [0.1, 0.15) is 29.0 Å². The fourth-order valence-electron chi connectivity index (χ4n) is 5.62. The molecule has 0 radical (unpaired) electrons. The third kappa shape index (κ3) is 6.72. The van der Waals surface area contributed by atoms with E-state index in [1.54, 1.807) is 7.11 Å². The van der Waals surface area contributed by atoms with Crippen LogP contribution in [0.25, 0.3) is 10.9 Å². The monoisotopic (exact) mass is 619 g/mol. The molecule has 2 heterocycles. The number of rotatable bonds is 11. The summed E-state index contributed by atoms with van der Waals surface area (Å²) in [6, 6.07) is 28.6. The summed E-state index contributed by atoms with van der Waals surface area (Å²) >= 11 is 5.44. The molecule has 1 aromatic heterocycles. The van der Waals surface area contributed by atoms with Crippen LogP contribution in [0, 0.1) is 0 Å². The van der Waals surface area contributed by atoms with Crippen LogP contribution in [0.3, 0.4) is 0 Å². The predicted molar refractivity (Wildman–Crippen MR) is 170 cm³/mol. The molecule has 4 aromatic rings. The molecule has 1 saturated heterocycles.